The summed E-state index contributed by atoms with van der Waals surface area (Å²) >= 11 is 0. The van der Waals surface area contributed by atoms with Crippen molar-refractivity contribution in [1.82, 2.24) is 15.3 Å². The molecule has 0 radical (unpaired) electrons. The molecule has 4 aromatic rings. The number of fused-ring (bicyclic) bond motifs is 2. The van der Waals surface area contributed by atoms with Crippen molar-refractivity contribution < 1.29 is 13.9 Å². The Bertz CT molecular complexity index is 1200. The number of benzene rings is 2. The fourth-order valence-corrected chi connectivity index (χ4v) is 3.77. The molecule has 1 amide bonds. The predicted octanol–water partition coefficient (Wildman–Crippen LogP) is 4.62. The van der Waals surface area contributed by atoms with E-state index in [1.165, 1.54) is 12.1 Å². The maximum atomic E-state index is 13.6. The third-order valence-corrected chi connectivity index (χ3v) is 5.23. The minimum atomic E-state index is -0.341. The smallest absolute Gasteiger partial charge is 0.251 e. The minimum absolute atomic E-state index is 0.194. The first-order valence-corrected chi connectivity index (χ1v) is 9.45. The van der Waals surface area contributed by atoms with Crippen molar-refractivity contribution in [3.63, 3.8) is 0 Å². The zero-order valence-electron chi connectivity index (χ0n) is 15.5. The number of nitrogens with one attached hydrogen (secondary N) is 2. The summed E-state index contributed by atoms with van der Waals surface area (Å²) in [6.07, 6.45) is 4.22. The maximum Gasteiger partial charge on any atom is 0.251 e. The van der Waals surface area contributed by atoms with Crippen LogP contribution in [-0.4, -0.2) is 22.5 Å². The molecule has 0 unspecified atom stereocenters. The number of hydrogen-bond donors (Lipinski definition) is 2. The Balaban J connectivity index is 1.38. The van der Waals surface area contributed by atoms with E-state index in [4.69, 9.17) is 4.74 Å². The monoisotopic (exact) mass is 387 g/mol. The Morgan fingerprint density at radius 1 is 1.14 bits per heavy atom. The third-order valence-electron chi connectivity index (χ3n) is 5.23. The van der Waals surface area contributed by atoms with Crippen molar-refractivity contribution in [2.45, 2.75) is 12.5 Å². The van der Waals surface area contributed by atoms with Crippen molar-refractivity contribution in [3.05, 3.63) is 83.9 Å². The van der Waals surface area contributed by atoms with Gasteiger partial charge in [0.1, 0.15) is 17.2 Å². The van der Waals surface area contributed by atoms with E-state index in [0.717, 1.165) is 22.2 Å². The Labute approximate surface area is 166 Å². The largest absolute Gasteiger partial charge is 0.493 e. The molecule has 1 aliphatic rings. The fraction of sp³-hybridized carbons (Fsp3) is 0.130. The topological polar surface area (TPSA) is 67.0 Å². The number of nitrogens with zero attached hydrogens (tertiary/aromatic N) is 1. The lowest BCUT2D eigenvalue weighted by molar-refractivity contribution is 0.0924. The van der Waals surface area contributed by atoms with Crippen LogP contribution in [0.25, 0.3) is 22.2 Å². The molecule has 0 saturated carbocycles. The summed E-state index contributed by atoms with van der Waals surface area (Å²) in [5.74, 6) is 0.0814. The van der Waals surface area contributed by atoms with Crippen molar-refractivity contribution >= 4 is 16.9 Å². The molecule has 1 atom stereocenters. The van der Waals surface area contributed by atoms with Crippen LogP contribution in [0.15, 0.2) is 67.0 Å². The van der Waals surface area contributed by atoms with Gasteiger partial charge in [-0.3, -0.25) is 4.79 Å². The van der Waals surface area contributed by atoms with Gasteiger partial charge in [0.05, 0.1) is 12.6 Å². The van der Waals surface area contributed by atoms with Gasteiger partial charge in [0.25, 0.3) is 5.91 Å². The first-order chi connectivity index (χ1) is 14.2. The molecule has 2 aromatic heterocycles. The van der Waals surface area contributed by atoms with Gasteiger partial charge in [0.2, 0.25) is 0 Å². The quantitative estimate of drug-likeness (QED) is 0.539. The van der Waals surface area contributed by atoms with E-state index in [0.29, 0.717) is 29.9 Å². The first kappa shape index (κ1) is 17.4. The molecule has 0 fully saturated rings. The number of H-pyrrole nitrogens is 1. The molecule has 5 nitrogen and oxygen atoms in total. The summed E-state index contributed by atoms with van der Waals surface area (Å²) in [5.41, 5.74) is 4.12. The third kappa shape index (κ3) is 3.23. The number of halogens is 1. The van der Waals surface area contributed by atoms with Crippen LogP contribution >= 0.6 is 0 Å². The molecule has 1 aliphatic heterocycles. The highest BCUT2D eigenvalue weighted by Crippen LogP contribution is 2.33. The number of carbonyl (C=O) groups excluding carboxylic acids is 1. The number of ether oxygens (including phenoxy) is 1. The molecule has 6 heteroatoms. The molecular formula is C23H18FN3O2. The standard InChI is InChI=1S/C23H18FN3O2/c24-16-5-6-21-19(13-16)20(9-12-29-21)27-23(28)15-3-1-14(2-4-15)17-7-10-25-22-18(17)8-11-26-22/h1-8,10-11,13,20H,9,12H2,(H,25,26)(H,27,28)/t20-/m0/s1. The van der Waals surface area contributed by atoms with E-state index in [1.807, 2.05) is 30.5 Å². The first-order valence-electron chi connectivity index (χ1n) is 9.45. The minimum Gasteiger partial charge on any atom is -0.493 e. The molecule has 29 heavy (non-hydrogen) atoms. The number of pyridine rings is 1. The molecule has 0 spiro atoms. The summed E-state index contributed by atoms with van der Waals surface area (Å²) in [6.45, 7) is 0.483. The molecule has 2 aromatic carbocycles. The van der Waals surface area contributed by atoms with Gasteiger partial charge in [0, 0.05) is 35.3 Å². The van der Waals surface area contributed by atoms with Gasteiger partial charge >= 0.3 is 0 Å². The average molecular weight is 387 g/mol. The lowest BCUT2D eigenvalue weighted by atomic mass is 9.99. The number of hydrogen-bond acceptors (Lipinski definition) is 3. The van der Waals surface area contributed by atoms with Crippen molar-refractivity contribution in [2.75, 3.05) is 6.61 Å². The second-order valence-electron chi connectivity index (χ2n) is 7.02. The van der Waals surface area contributed by atoms with Gasteiger partial charge in [-0.2, -0.15) is 0 Å². The zero-order valence-corrected chi connectivity index (χ0v) is 15.5. The number of amides is 1. The van der Waals surface area contributed by atoms with Gasteiger partial charge in [-0.15, -0.1) is 0 Å². The summed E-state index contributed by atoms with van der Waals surface area (Å²) in [4.78, 5) is 20.2. The maximum absolute atomic E-state index is 13.6. The van der Waals surface area contributed by atoms with Crippen LogP contribution in [0.1, 0.15) is 28.4 Å². The number of rotatable bonds is 3. The SMILES string of the molecule is O=C(N[C@H]1CCOc2ccc(F)cc21)c1ccc(-c2ccnc3[nH]ccc23)cc1. The van der Waals surface area contributed by atoms with Gasteiger partial charge in [-0.1, -0.05) is 12.1 Å². The molecule has 0 aliphatic carbocycles. The Kier molecular flexibility index (Phi) is 4.24. The van der Waals surface area contributed by atoms with Gasteiger partial charge in [-0.05, 0) is 53.6 Å². The predicted molar refractivity (Wildman–Crippen MR) is 108 cm³/mol. The summed E-state index contributed by atoms with van der Waals surface area (Å²) in [5, 5.41) is 4.04. The van der Waals surface area contributed by atoms with Crippen molar-refractivity contribution in [3.8, 4) is 16.9 Å². The van der Waals surface area contributed by atoms with E-state index in [9.17, 15) is 9.18 Å². The van der Waals surface area contributed by atoms with Crippen LogP contribution in [0.4, 0.5) is 4.39 Å². The second-order valence-corrected chi connectivity index (χ2v) is 7.02. The summed E-state index contributed by atoms with van der Waals surface area (Å²) < 4.78 is 19.2. The van der Waals surface area contributed by atoms with E-state index in [1.54, 1.807) is 24.4 Å². The van der Waals surface area contributed by atoms with E-state index in [2.05, 4.69) is 15.3 Å². The molecule has 144 valence electrons. The number of carbonyl (C=O) groups is 1. The van der Waals surface area contributed by atoms with Gasteiger partial charge < -0.3 is 15.0 Å². The second kappa shape index (κ2) is 7.05. The van der Waals surface area contributed by atoms with Crippen LogP contribution in [-0.2, 0) is 0 Å². The van der Waals surface area contributed by atoms with Gasteiger partial charge in [0.15, 0.2) is 0 Å². The van der Waals surface area contributed by atoms with Gasteiger partial charge in [-0.25, -0.2) is 9.37 Å². The lowest BCUT2D eigenvalue weighted by Gasteiger charge is -2.26. The Morgan fingerprint density at radius 2 is 2.00 bits per heavy atom. The Morgan fingerprint density at radius 3 is 2.86 bits per heavy atom. The average Bonchev–Trinajstić information content (AvgIpc) is 3.23. The summed E-state index contributed by atoms with van der Waals surface area (Å²) in [6, 6.07) is 15.5. The molecule has 0 bridgehead atoms. The molecule has 3 heterocycles. The molecular weight excluding hydrogens is 369 g/mol. The normalized spacial score (nSPS) is 15.6. The van der Waals surface area contributed by atoms with Crippen molar-refractivity contribution in [2.24, 2.45) is 0 Å². The van der Waals surface area contributed by atoms with Crippen molar-refractivity contribution in [1.29, 1.82) is 0 Å². The highest BCUT2D eigenvalue weighted by molar-refractivity contribution is 5.96. The van der Waals surface area contributed by atoms with E-state index in [-0.39, 0.29) is 17.8 Å². The van der Waals surface area contributed by atoms with Crippen LogP contribution in [0.2, 0.25) is 0 Å². The van der Waals surface area contributed by atoms with Crippen LogP contribution in [0, 0.1) is 5.82 Å². The lowest BCUT2D eigenvalue weighted by Crippen LogP contribution is -2.32. The number of aromatic amines is 1. The molecule has 5 rings (SSSR count). The highest BCUT2D eigenvalue weighted by atomic mass is 19.1. The van der Waals surface area contributed by atoms with Crippen LogP contribution in [0.3, 0.4) is 0 Å². The van der Waals surface area contributed by atoms with Crippen LogP contribution in [0.5, 0.6) is 5.75 Å². The summed E-state index contributed by atoms with van der Waals surface area (Å²) in [7, 11) is 0. The van der Waals surface area contributed by atoms with E-state index < -0.39 is 0 Å². The zero-order chi connectivity index (χ0) is 19.8. The Hall–Kier alpha value is -3.67. The molecule has 0 saturated heterocycles. The van der Waals surface area contributed by atoms with E-state index >= 15 is 0 Å². The molecule has 2 N–H and O–H groups in total. The fourth-order valence-electron chi connectivity index (χ4n) is 3.77. The number of aromatic nitrogens is 2. The highest BCUT2D eigenvalue weighted by Gasteiger charge is 2.24. The van der Waals surface area contributed by atoms with Crippen LogP contribution < -0.4 is 10.1 Å².